The molecule has 5 aromatic rings. The minimum Gasteiger partial charge on any atom is -0.467 e. The number of aromatic nitrogens is 2. The summed E-state index contributed by atoms with van der Waals surface area (Å²) in [6.45, 7) is 2.44. The monoisotopic (exact) mass is 495 g/mol. The van der Waals surface area contributed by atoms with E-state index < -0.39 is 23.5 Å². The van der Waals surface area contributed by atoms with Crippen molar-refractivity contribution in [3.63, 3.8) is 0 Å². The summed E-state index contributed by atoms with van der Waals surface area (Å²) >= 11 is 0. The second-order valence-corrected chi connectivity index (χ2v) is 10.5. The highest BCUT2D eigenvalue weighted by Gasteiger charge is 2.67. The maximum absolute atomic E-state index is 13.7. The first-order chi connectivity index (χ1) is 17.9. The first-order valence-corrected chi connectivity index (χ1v) is 12.5. The van der Waals surface area contributed by atoms with Crippen LogP contribution in [0.2, 0.25) is 0 Å². The number of ether oxygens (including phenoxy) is 3. The molecule has 2 bridgehead atoms. The predicted molar refractivity (Wildman–Crippen MR) is 138 cm³/mol. The molecule has 0 saturated carbocycles. The number of rotatable bonds is 2. The average Bonchev–Trinajstić information content (AvgIpc) is 3.58. The van der Waals surface area contributed by atoms with Crippen molar-refractivity contribution in [2.75, 3.05) is 21.3 Å². The molecular weight excluding hydrogens is 470 g/mol. The minimum absolute atomic E-state index is 0.0268. The molecule has 5 heterocycles. The van der Waals surface area contributed by atoms with Crippen molar-refractivity contribution in [2.45, 2.75) is 37.4 Å². The number of benzene rings is 3. The van der Waals surface area contributed by atoms with Crippen molar-refractivity contribution in [3.8, 4) is 0 Å². The van der Waals surface area contributed by atoms with Crippen molar-refractivity contribution in [3.05, 3.63) is 59.7 Å². The molecule has 3 unspecified atom stereocenters. The summed E-state index contributed by atoms with van der Waals surface area (Å²) < 4.78 is 22.7. The molecule has 8 rings (SSSR count). The molecule has 0 aliphatic carbocycles. The number of carbonyl (C=O) groups excluding carboxylic acids is 2. The topological polar surface area (TPSA) is 74.9 Å². The first-order valence-electron chi connectivity index (χ1n) is 12.5. The Balaban J connectivity index is 1.72. The predicted octanol–water partition coefficient (Wildman–Crippen LogP) is 4.65. The van der Waals surface area contributed by atoms with E-state index in [1.807, 2.05) is 44.3 Å². The second-order valence-electron chi connectivity index (χ2n) is 10.5. The van der Waals surface area contributed by atoms with Gasteiger partial charge in [-0.25, -0.2) is 4.79 Å². The number of amides is 1. The van der Waals surface area contributed by atoms with Gasteiger partial charge in [-0.05, 0) is 24.6 Å². The van der Waals surface area contributed by atoms with Gasteiger partial charge in [-0.2, -0.15) is 0 Å². The minimum atomic E-state index is -1.39. The van der Waals surface area contributed by atoms with Gasteiger partial charge in [-0.3, -0.25) is 4.79 Å². The van der Waals surface area contributed by atoms with E-state index in [9.17, 15) is 9.59 Å². The van der Waals surface area contributed by atoms with Crippen molar-refractivity contribution < 1.29 is 23.8 Å². The highest BCUT2D eigenvalue weighted by atomic mass is 16.6. The molecule has 8 heteroatoms. The largest absolute Gasteiger partial charge is 0.467 e. The highest BCUT2D eigenvalue weighted by Crippen LogP contribution is 2.59. The summed E-state index contributed by atoms with van der Waals surface area (Å²) in [5, 5.41) is 3.97. The number of hydrogen-bond acceptors (Lipinski definition) is 5. The summed E-state index contributed by atoms with van der Waals surface area (Å²) in [5.41, 5.74) is 2.95. The Morgan fingerprint density at radius 3 is 2.38 bits per heavy atom. The van der Waals surface area contributed by atoms with Crippen LogP contribution in [-0.2, 0) is 31.3 Å². The van der Waals surface area contributed by atoms with E-state index in [-0.39, 0.29) is 12.3 Å². The number of para-hydroxylation sites is 2. The number of nitrogens with zero attached hydrogens (tertiary/aromatic N) is 3. The Kier molecular flexibility index (Phi) is 3.74. The third-order valence-electron chi connectivity index (χ3n) is 8.97. The zero-order valence-electron chi connectivity index (χ0n) is 21.0. The van der Waals surface area contributed by atoms with E-state index in [1.54, 1.807) is 12.0 Å². The van der Waals surface area contributed by atoms with Crippen LogP contribution in [0.3, 0.4) is 0 Å². The normalized spacial score (nSPS) is 26.2. The molecule has 1 fully saturated rings. The van der Waals surface area contributed by atoms with Gasteiger partial charge >= 0.3 is 5.97 Å². The molecule has 0 N–H and O–H groups in total. The van der Waals surface area contributed by atoms with E-state index in [0.29, 0.717) is 6.54 Å². The Morgan fingerprint density at radius 2 is 1.68 bits per heavy atom. The van der Waals surface area contributed by atoms with Crippen molar-refractivity contribution in [2.24, 2.45) is 0 Å². The lowest BCUT2D eigenvalue weighted by atomic mass is 9.88. The first kappa shape index (κ1) is 21.2. The number of carbonyl (C=O) groups is 2. The van der Waals surface area contributed by atoms with E-state index >= 15 is 0 Å². The van der Waals surface area contributed by atoms with Crippen molar-refractivity contribution in [1.29, 1.82) is 0 Å². The SMILES string of the molecule is COC(=O)C1(OC)CC2OC1(C)n1c3ccccc3c3c4c(c5c6ccccc6n2c5c31)C(=O)N(C)C4. The summed E-state index contributed by atoms with van der Waals surface area (Å²) in [5.74, 6) is -0.447. The third-order valence-corrected chi connectivity index (χ3v) is 8.97. The number of methoxy groups -OCH3 is 2. The Hall–Kier alpha value is -3.88. The number of hydrogen-bond donors (Lipinski definition) is 0. The number of esters is 1. The van der Waals surface area contributed by atoms with Gasteiger partial charge in [0.1, 0.15) is 6.23 Å². The van der Waals surface area contributed by atoms with Crippen LogP contribution in [0.15, 0.2) is 48.5 Å². The molecule has 0 radical (unpaired) electrons. The van der Waals surface area contributed by atoms with Crippen LogP contribution >= 0.6 is 0 Å². The standard InChI is InChI=1S/C29H25N3O5/c1-28-29(36-4,27(34)35-3)13-20(37-28)31-18-11-7-5-9-15(18)22-23-17(14-30(2)26(23)33)21-16-10-6-8-12-19(16)32(28)25(21)24(22)31/h5-12,20H,13-14H2,1-4H3. The summed E-state index contributed by atoms with van der Waals surface area (Å²) in [4.78, 5) is 29.0. The van der Waals surface area contributed by atoms with Gasteiger partial charge in [0.25, 0.3) is 5.91 Å². The molecule has 8 nitrogen and oxygen atoms in total. The lowest BCUT2D eigenvalue weighted by molar-refractivity contribution is -0.210. The van der Waals surface area contributed by atoms with E-state index in [0.717, 1.165) is 54.7 Å². The molecule has 3 aliphatic rings. The van der Waals surface area contributed by atoms with Crippen LogP contribution in [-0.4, -0.2) is 52.8 Å². The van der Waals surface area contributed by atoms with E-state index in [1.165, 1.54) is 7.11 Å². The summed E-state index contributed by atoms with van der Waals surface area (Å²) in [7, 11) is 4.79. The molecule has 186 valence electrons. The van der Waals surface area contributed by atoms with Gasteiger partial charge in [-0.1, -0.05) is 36.4 Å². The fourth-order valence-electron chi connectivity index (χ4n) is 7.44. The molecule has 3 aromatic carbocycles. The Labute approximate surface area is 211 Å². The maximum Gasteiger partial charge on any atom is 0.343 e. The molecule has 3 atom stereocenters. The van der Waals surface area contributed by atoms with Gasteiger partial charge in [-0.15, -0.1) is 0 Å². The van der Waals surface area contributed by atoms with Gasteiger partial charge in [0.2, 0.25) is 5.60 Å². The number of fused-ring (bicyclic) bond motifs is 13. The fraction of sp³-hybridized carbons (Fsp3) is 0.310. The molecule has 0 spiro atoms. The van der Waals surface area contributed by atoms with Crippen LogP contribution in [0.25, 0.3) is 43.6 Å². The van der Waals surface area contributed by atoms with Gasteiger partial charge in [0.05, 0.1) is 34.7 Å². The third kappa shape index (κ3) is 2.09. The van der Waals surface area contributed by atoms with Crippen LogP contribution in [0.4, 0.5) is 0 Å². The molecular formula is C29H25N3O5. The lowest BCUT2D eigenvalue weighted by Gasteiger charge is -2.40. The zero-order valence-corrected chi connectivity index (χ0v) is 21.0. The Bertz CT molecular complexity index is 1880. The van der Waals surface area contributed by atoms with Crippen LogP contribution in [0.5, 0.6) is 0 Å². The quantitative estimate of drug-likeness (QED) is 0.333. The molecule has 2 aromatic heterocycles. The van der Waals surface area contributed by atoms with Gasteiger partial charge in [0.15, 0.2) is 5.72 Å². The van der Waals surface area contributed by atoms with E-state index in [2.05, 4.69) is 27.3 Å². The van der Waals surface area contributed by atoms with Gasteiger partial charge < -0.3 is 28.2 Å². The maximum atomic E-state index is 13.7. The zero-order chi connectivity index (χ0) is 25.4. The van der Waals surface area contributed by atoms with Gasteiger partial charge in [0, 0.05) is 48.7 Å². The van der Waals surface area contributed by atoms with Crippen LogP contribution in [0.1, 0.15) is 35.5 Å². The summed E-state index contributed by atoms with van der Waals surface area (Å²) in [6, 6.07) is 16.2. The average molecular weight is 496 g/mol. The molecule has 37 heavy (non-hydrogen) atoms. The van der Waals surface area contributed by atoms with E-state index in [4.69, 9.17) is 14.2 Å². The van der Waals surface area contributed by atoms with Crippen LogP contribution in [0, 0.1) is 0 Å². The molecule has 1 amide bonds. The second kappa shape index (κ2) is 6.51. The Morgan fingerprint density at radius 1 is 1.00 bits per heavy atom. The molecule has 3 aliphatic heterocycles. The van der Waals surface area contributed by atoms with Crippen molar-refractivity contribution in [1.82, 2.24) is 14.0 Å². The fourth-order valence-corrected chi connectivity index (χ4v) is 7.44. The highest BCUT2D eigenvalue weighted by molar-refractivity contribution is 6.31. The van der Waals surface area contributed by atoms with Crippen molar-refractivity contribution >= 4 is 55.5 Å². The molecule has 1 saturated heterocycles. The smallest absolute Gasteiger partial charge is 0.343 e. The summed E-state index contributed by atoms with van der Waals surface area (Å²) in [6.07, 6.45) is -0.251. The van der Waals surface area contributed by atoms with Crippen LogP contribution < -0.4 is 0 Å². The lowest BCUT2D eigenvalue weighted by Crippen LogP contribution is -2.57.